The van der Waals surface area contributed by atoms with Gasteiger partial charge < -0.3 is 24.2 Å². The Morgan fingerprint density at radius 1 is 1.03 bits per heavy atom. The molecule has 7 heteroatoms. The normalized spacial score (nSPS) is 20.0. The number of phenols is 1. The van der Waals surface area contributed by atoms with Gasteiger partial charge in [-0.2, -0.15) is 0 Å². The number of aromatic hydroxyl groups is 1. The summed E-state index contributed by atoms with van der Waals surface area (Å²) in [6, 6.07) is 14.4. The van der Waals surface area contributed by atoms with Crippen molar-refractivity contribution in [2.24, 2.45) is 0 Å². The van der Waals surface area contributed by atoms with Crippen LogP contribution in [0.1, 0.15) is 25.7 Å². The van der Waals surface area contributed by atoms with E-state index in [0.717, 1.165) is 62.5 Å². The lowest BCUT2D eigenvalue weighted by molar-refractivity contribution is 0.0944. The Labute approximate surface area is 183 Å². The first-order chi connectivity index (χ1) is 15.1. The number of hydrogen-bond acceptors (Lipinski definition) is 6. The van der Waals surface area contributed by atoms with Crippen molar-refractivity contribution in [3.05, 3.63) is 48.5 Å². The van der Waals surface area contributed by atoms with Crippen molar-refractivity contribution in [2.75, 3.05) is 38.2 Å². The number of methoxy groups -OCH3 is 1. The molecule has 2 aromatic carbocycles. The van der Waals surface area contributed by atoms with Crippen molar-refractivity contribution < 1.29 is 24.1 Å². The van der Waals surface area contributed by atoms with E-state index in [1.807, 2.05) is 24.3 Å². The molecule has 2 aromatic rings. The van der Waals surface area contributed by atoms with Crippen LogP contribution in [0.5, 0.6) is 17.2 Å². The quantitative estimate of drug-likeness (QED) is 0.687. The fraction of sp³-hybridized carbons (Fsp3) is 0.458. The third kappa shape index (κ3) is 5.61. The summed E-state index contributed by atoms with van der Waals surface area (Å²) in [7, 11) is 1.63. The molecule has 0 bridgehead atoms. The van der Waals surface area contributed by atoms with E-state index in [1.54, 1.807) is 36.3 Å². The lowest BCUT2D eigenvalue weighted by Crippen LogP contribution is -2.38. The first-order valence-electron chi connectivity index (χ1n) is 10.9. The Hall–Kier alpha value is -2.93. The predicted octanol–water partition coefficient (Wildman–Crippen LogP) is 4.05. The second kappa shape index (κ2) is 9.92. The van der Waals surface area contributed by atoms with Crippen LogP contribution < -0.4 is 14.4 Å². The van der Waals surface area contributed by atoms with Crippen LogP contribution in [0.2, 0.25) is 0 Å². The van der Waals surface area contributed by atoms with Gasteiger partial charge in [-0.1, -0.05) is 0 Å². The maximum Gasteiger partial charge on any atom is 0.414 e. The van der Waals surface area contributed by atoms with Gasteiger partial charge >= 0.3 is 6.09 Å². The minimum absolute atomic E-state index is 0.0648. The maximum absolute atomic E-state index is 12.2. The molecule has 4 rings (SSSR count). The smallest absolute Gasteiger partial charge is 0.414 e. The van der Waals surface area contributed by atoms with E-state index < -0.39 is 0 Å². The molecule has 2 heterocycles. The molecule has 1 amide bonds. The van der Waals surface area contributed by atoms with E-state index in [2.05, 4.69) is 4.90 Å². The van der Waals surface area contributed by atoms with Crippen molar-refractivity contribution >= 4 is 11.8 Å². The minimum atomic E-state index is -0.276. The second-order valence-electron chi connectivity index (χ2n) is 8.11. The van der Waals surface area contributed by atoms with Gasteiger partial charge in [-0.05, 0) is 80.8 Å². The fourth-order valence-corrected chi connectivity index (χ4v) is 4.16. The molecule has 1 N–H and O–H groups in total. The molecular weight excluding hydrogens is 396 g/mol. The molecule has 0 aromatic heterocycles. The molecule has 2 aliphatic heterocycles. The zero-order valence-electron chi connectivity index (χ0n) is 17.9. The van der Waals surface area contributed by atoms with Crippen molar-refractivity contribution in [1.29, 1.82) is 0 Å². The SMILES string of the molecule is COc1ccc(N2CC(CCCN3CCC(Oc4ccc(O)cc4)CC3)OC2=O)cc1. The highest BCUT2D eigenvalue weighted by Crippen LogP contribution is 2.26. The number of piperidine rings is 1. The van der Waals surface area contributed by atoms with Gasteiger partial charge in [0.15, 0.2) is 0 Å². The summed E-state index contributed by atoms with van der Waals surface area (Å²) in [5.41, 5.74) is 0.837. The van der Waals surface area contributed by atoms with E-state index in [4.69, 9.17) is 14.2 Å². The minimum Gasteiger partial charge on any atom is -0.508 e. The van der Waals surface area contributed by atoms with E-state index in [1.165, 1.54) is 0 Å². The molecule has 0 saturated carbocycles. The van der Waals surface area contributed by atoms with Crippen molar-refractivity contribution in [3.8, 4) is 17.2 Å². The number of nitrogens with zero attached hydrogens (tertiary/aromatic N) is 2. The predicted molar refractivity (Wildman–Crippen MR) is 118 cm³/mol. The first-order valence-corrected chi connectivity index (χ1v) is 10.9. The number of ether oxygens (including phenoxy) is 3. The summed E-state index contributed by atoms with van der Waals surface area (Å²) >= 11 is 0. The van der Waals surface area contributed by atoms with E-state index in [0.29, 0.717) is 6.54 Å². The molecule has 2 aliphatic rings. The van der Waals surface area contributed by atoms with Crippen LogP contribution in [-0.4, -0.2) is 61.6 Å². The number of hydrogen-bond donors (Lipinski definition) is 1. The molecule has 1 atom stereocenters. The summed E-state index contributed by atoms with van der Waals surface area (Å²) in [6.07, 6.45) is 3.72. The summed E-state index contributed by atoms with van der Waals surface area (Å²) in [5.74, 6) is 1.83. The Morgan fingerprint density at radius 2 is 1.71 bits per heavy atom. The van der Waals surface area contributed by atoms with Crippen LogP contribution in [0, 0.1) is 0 Å². The van der Waals surface area contributed by atoms with Gasteiger partial charge in [0, 0.05) is 18.8 Å². The Bertz CT molecular complexity index is 847. The third-order valence-corrected chi connectivity index (χ3v) is 5.93. The van der Waals surface area contributed by atoms with Crippen molar-refractivity contribution in [3.63, 3.8) is 0 Å². The lowest BCUT2D eigenvalue weighted by Gasteiger charge is -2.32. The summed E-state index contributed by atoms with van der Waals surface area (Å²) in [5, 5.41) is 9.37. The molecule has 0 aliphatic carbocycles. The highest BCUT2D eigenvalue weighted by molar-refractivity contribution is 5.89. The van der Waals surface area contributed by atoms with E-state index in [9.17, 15) is 9.90 Å². The second-order valence-corrected chi connectivity index (χ2v) is 8.11. The number of cyclic esters (lactones) is 1. The number of benzene rings is 2. The number of carbonyl (C=O) groups is 1. The number of carbonyl (C=O) groups excluding carboxylic acids is 1. The molecule has 0 spiro atoms. The molecule has 31 heavy (non-hydrogen) atoms. The van der Waals surface area contributed by atoms with Gasteiger partial charge in [0.25, 0.3) is 0 Å². The molecule has 2 saturated heterocycles. The van der Waals surface area contributed by atoms with E-state index in [-0.39, 0.29) is 24.1 Å². The monoisotopic (exact) mass is 426 g/mol. The Kier molecular flexibility index (Phi) is 6.82. The third-order valence-electron chi connectivity index (χ3n) is 5.93. The van der Waals surface area contributed by atoms with Gasteiger partial charge in [-0.3, -0.25) is 4.90 Å². The van der Waals surface area contributed by atoms with Gasteiger partial charge in [0.1, 0.15) is 29.5 Å². The fourth-order valence-electron chi connectivity index (χ4n) is 4.16. The summed E-state index contributed by atoms with van der Waals surface area (Å²) < 4.78 is 16.8. The van der Waals surface area contributed by atoms with Crippen molar-refractivity contribution in [1.82, 2.24) is 4.90 Å². The Morgan fingerprint density at radius 3 is 2.39 bits per heavy atom. The zero-order valence-corrected chi connectivity index (χ0v) is 17.9. The molecule has 0 radical (unpaired) electrons. The highest BCUT2D eigenvalue weighted by atomic mass is 16.6. The number of likely N-dealkylation sites (tertiary alicyclic amines) is 1. The zero-order chi connectivity index (χ0) is 21.6. The molecule has 2 fully saturated rings. The highest BCUT2D eigenvalue weighted by Gasteiger charge is 2.32. The number of rotatable bonds is 8. The number of anilines is 1. The van der Waals surface area contributed by atoms with E-state index >= 15 is 0 Å². The van der Waals surface area contributed by atoms with Crippen LogP contribution in [0.25, 0.3) is 0 Å². The molecular formula is C24H30N2O5. The largest absolute Gasteiger partial charge is 0.508 e. The molecule has 166 valence electrons. The van der Waals surface area contributed by atoms with Gasteiger partial charge in [0.05, 0.1) is 13.7 Å². The first kappa shape index (κ1) is 21.3. The molecule has 1 unspecified atom stereocenters. The van der Waals surface area contributed by atoms with Crippen LogP contribution >= 0.6 is 0 Å². The van der Waals surface area contributed by atoms with Gasteiger partial charge in [-0.15, -0.1) is 0 Å². The van der Waals surface area contributed by atoms with Crippen LogP contribution in [0.3, 0.4) is 0 Å². The van der Waals surface area contributed by atoms with Gasteiger partial charge in [0.2, 0.25) is 0 Å². The van der Waals surface area contributed by atoms with Crippen molar-refractivity contribution in [2.45, 2.75) is 37.9 Å². The van der Waals surface area contributed by atoms with Gasteiger partial charge in [-0.25, -0.2) is 4.79 Å². The summed E-state index contributed by atoms with van der Waals surface area (Å²) in [6.45, 7) is 3.60. The average molecular weight is 427 g/mol. The maximum atomic E-state index is 12.2. The summed E-state index contributed by atoms with van der Waals surface area (Å²) in [4.78, 5) is 16.4. The topological polar surface area (TPSA) is 71.5 Å². The van der Waals surface area contributed by atoms with Crippen LogP contribution in [0.4, 0.5) is 10.5 Å². The average Bonchev–Trinajstić information content (AvgIpc) is 3.17. The number of phenolic OH excluding ortho intramolecular Hbond substituents is 1. The number of amides is 1. The Balaban J connectivity index is 1.16. The molecule has 7 nitrogen and oxygen atoms in total. The lowest BCUT2D eigenvalue weighted by atomic mass is 10.1. The standard InChI is InChI=1S/C24H30N2O5/c1-29-20-8-4-18(5-9-20)26-17-23(31-24(26)28)3-2-14-25-15-12-22(13-16-25)30-21-10-6-19(27)7-11-21/h4-11,22-23,27H,2-3,12-17H2,1H3. The van der Waals surface area contributed by atoms with Crippen LogP contribution in [0.15, 0.2) is 48.5 Å². The van der Waals surface area contributed by atoms with Crippen LogP contribution in [-0.2, 0) is 4.74 Å².